The molecule has 36 heavy (non-hydrogen) atoms. The predicted molar refractivity (Wildman–Crippen MR) is 142 cm³/mol. The van der Waals surface area contributed by atoms with E-state index >= 15 is 0 Å². The van der Waals surface area contributed by atoms with Gasteiger partial charge in [0.2, 0.25) is 5.43 Å². The van der Waals surface area contributed by atoms with Gasteiger partial charge in [-0.3, -0.25) is 14.5 Å². The Morgan fingerprint density at radius 2 is 2.00 bits per heavy atom. The molecule has 2 heterocycles. The van der Waals surface area contributed by atoms with Crippen LogP contribution in [0.2, 0.25) is 5.02 Å². The van der Waals surface area contributed by atoms with Gasteiger partial charge in [-0.1, -0.05) is 35.9 Å². The van der Waals surface area contributed by atoms with Crippen LogP contribution < -0.4 is 10.7 Å². The Morgan fingerprint density at radius 3 is 2.72 bits per heavy atom. The number of likely N-dealkylation sites (N-methyl/N-ethyl adjacent to an activating group) is 1. The number of aliphatic hydroxyl groups is 1. The van der Waals surface area contributed by atoms with Gasteiger partial charge in [-0.05, 0) is 48.5 Å². The molecule has 1 amide bonds. The number of aliphatic hydroxyl groups excluding tert-OH is 1. The number of aryl methyl sites for hydroxylation is 1. The summed E-state index contributed by atoms with van der Waals surface area (Å²) in [6, 6.07) is 18.0. The summed E-state index contributed by atoms with van der Waals surface area (Å²) >= 11 is 7.38. The molecule has 0 aliphatic carbocycles. The van der Waals surface area contributed by atoms with Gasteiger partial charge in [0.05, 0.1) is 23.1 Å². The Labute approximate surface area is 217 Å². The van der Waals surface area contributed by atoms with Crippen molar-refractivity contribution in [2.45, 2.75) is 19.2 Å². The van der Waals surface area contributed by atoms with Gasteiger partial charge in [0.1, 0.15) is 10.4 Å². The van der Waals surface area contributed by atoms with E-state index in [9.17, 15) is 14.7 Å². The van der Waals surface area contributed by atoms with E-state index in [1.54, 1.807) is 47.2 Å². The normalized spacial score (nSPS) is 12.0. The van der Waals surface area contributed by atoms with Crippen LogP contribution in [-0.2, 0) is 20.1 Å². The van der Waals surface area contributed by atoms with E-state index in [-0.39, 0.29) is 17.5 Å². The van der Waals surface area contributed by atoms with Crippen molar-refractivity contribution < 1.29 is 9.90 Å². The van der Waals surface area contributed by atoms with E-state index in [1.807, 2.05) is 37.2 Å². The molecule has 4 aromatic rings. The minimum Gasteiger partial charge on any atom is -0.387 e. The highest BCUT2D eigenvalue weighted by Crippen LogP contribution is 2.25. The summed E-state index contributed by atoms with van der Waals surface area (Å²) in [5, 5.41) is 23.6. The fourth-order valence-electron chi connectivity index (χ4n) is 3.98. The van der Waals surface area contributed by atoms with Gasteiger partial charge in [0.15, 0.2) is 0 Å². The van der Waals surface area contributed by atoms with Crippen molar-refractivity contribution in [3.8, 4) is 6.07 Å². The van der Waals surface area contributed by atoms with Crippen molar-refractivity contribution in [3.63, 3.8) is 0 Å². The average molecular weight is 521 g/mol. The molecule has 2 N–H and O–H groups in total. The zero-order valence-electron chi connectivity index (χ0n) is 19.9. The summed E-state index contributed by atoms with van der Waals surface area (Å²) in [6.07, 6.45) is 0.817. The molecule has 0 bridgehead atoms. The van der Waals surface area contributed by atoms with Gasteiger partial charge < -0.3 is 15.0 Å². The maximum atomic E-state index is 13.1. The number of hydrogen-bond acceptors (Lipinski definition) is 6. The summed E-state index contributed by atoms with van der Waals surface area (Å²) in [4.78, 5) is 29.6. The molecule has 7 nitrogen and oxygen atoms in total. The second kappa shape index (κ2) is 11.1. The lowest BCUT2D eigenvalue weighted by Crippen LogP contribution is -2.29. The standard InChI is InChI=1S/C27H25ClN4O3S/c1-31(16-24(33)19-5-3-4-18(10-19)12-29)14-21-11-22-25(34)23(15-32(2)27(22)36-21)26(35)30-13-17-6-8-20(28)9-7-17/h3-11,15,24,33H,13-14,16H2,1-2H3,(H,30,35)/t24-/m1/s1. The first kappa shape index (κ1) is 25.6. The van der Waals surface area contributed by atoms with Gasteiger partial charge in [0.25, 0.3) is 5.91 Å². The van der Waals surface area contributed by atoms with Gasteiger partial charge >= 0.3 is 0 Å². The number of aromatic nitrogens is 1. The number of fused-ring (bicyclic) bond motifs is 1. The third-order valence-electron chi connectivity index (χ3n) is 5.82. The van der Waals surface area contributed by atoms with Gasteiger partial charge in [-0.15, -0.1) is 11.3 Å². The highest BCUT2D eigenvalue weighted by molar-refractivity contribution is 7.18. The average Bonchev–Trinajstić information content (AvgIpc) is 3.30. The molecule has 2 aromatic carbocycles. The zero-order chi connectivity index (χ0) is 25.8. The van der Waals surface area contributed by atoms with Crippen LogP contribution in [0.25, 0.3) is 10.2 Å². The third-order valence-corrected chi connectivity index (χ3v) is 7.28. The molecule has 0 fully saturated rings. The number of amides is 1. The molecular weight excluding hydrogens is 496 g/mol. The molecule has 0 saturated heterocycles. The molecule has 0 radical (unpaired) electrons. The van der Waals surface area contributed by atoms with Crippen LogP contribution in [0.1, 0.15) is 38.0 Å². The van der Waals surface area contributed by atoms with Crippen molar-refractivity contribution in [1.29, 1.82) is 5.26 Å². The lowest BCUT2D eigenvalue weighted by atomic mass is 10.1. The molecule has 4 rings (SSSR count). The van der Waals surface area contributed by atoms with Gasteiger partial charge in [-0.2, -0.15) is 5.26 Å². The van der Waals surface area contributed by atoms with Crippen molar-refractivity contribution >= 4 is 39.1 Å². The van der Waals surface area contributed by atoms with Crippen LogP contribution in [0.15, 0.2) is 65.6 Å². The molecule has 0 unspecified atom stereocenters. The number of halogens is 1. The number of carbonyl (C=O) groups excluding carboxylic acids is 1. The Bertz CT molecular complexity index is 1500. The number of nitrogens with one attached hydrogen (secondary N) is 1. The maximum Gasteiger partial charge on any atom is 0.257 e. The largest absolute Gasteiger partial charge is 0.387 e. The molecule has 0 saturated carbocycles. The summed E-state index contributed by atoms with van der Waals surface area (Å²) in [7, 11) is 3.70. The molecule has 184 valence electrons. The van der Waals surface area contributed by atoms with Crippen molar-refractivity contribution in [1.82, 2.24) is 14.8 Å². The molecule has 2 aromatic heterocycles. The minimum absolute atomic E-state index is 0.0875. The molecule has 1 atom stereocenters. The van der Waals surface area contributed by atoms with Crippen LogP contribution in [0, 0.1) is 11.3 Å². The quantitative estimate of drug-likeness (QED) is 0.362. The summed E-state index contributed by atoms with van der Waals surface area (Å²) in [6.45, 7) is 1.17. The molecule has 0 spiro atoms. The number of rotatable bonds is 8. The van der Waals surface area contributed by atoms with Gasteiger partial charge in [0, 0.05) is 42.8 Å². The minimum atomic E-state index is -0.750. The Kier molecular flexibility index (Phi) is 7.87. The fourth-order valence-corrected chi connectivity index (χ4v) is 5.27. The van der Waals surface area contributed by atoms with E-state index in [2.05, 4.69) is 11.4 Å². The molecule has 0 aliphatic heterocycles. The molecular formula is C27H25ClN4O3S. The van der Waals surface area contributed by atoms with Crippen LogP contribution in [0.3, 0.4) is 0 Å². The highest BCUT2D eigenvalue weighted by atomic mass is 35.5. The van der Waals surface area contributed by atoms with Crippen molar-refractivity contribution in [2.75, 3.05) is 13.6 Å². The van der Waals surface area contributed by atoms with Crippen molar-refractivity contribution in [3.05, 3.63) is 103 Å². The van der Waals surface area contributed by atoms with E-state index < -0.39 is 12.0 Å². The van der Waals surface area contributed by atoms with Crippen molar-refractivity contribution in [2.24, 2.45) is 7.05 Å². The Balaban J connectivity index is 1.47. The number of carbonyl (C=O) groups is 1. The monoisotopic (exact) mass is 520 g/mol. The van der Waals surface area contributed by atoms with Crippen LogP contribution in [0.5, 0.6) is 0 Å². The second-order valence-corrected chi connectivity index (χ2v) is 10.2. The molecule has 0 aliphatic rings. The van der Waals surface area contributed by atoms with E-state index in [4.69, 9.17) is 16.9 Å². The summed E-state index contributed by atoms with van der Waals surface area (Å²) in [5.74, 6) is -0.431. The maximum absolute atomic E-state index is 13.1. The number of nitriles is 1. The smallest absolute Gasteiger partial charge is 0.257 e. The van der Waals surface area contributed by atoms with E-state index in [0.717, 1.165) is 15.3 Å². The fraction of sp³-hybridized carbons (Fsp3) is 0.222. The molecule has 9 heteroatoms. The van der Waals surface area contributed by atoms with Crippen LogP contribution in [-0.4, -0.2) is 34.1 Å². The Morgan fingerprint density at radius 1 is 1.25 bits per heavy atom. The number of pyridine rings is 1. The lowest BCUT2D eigenvalue weighted by Gasteiger charge is -2.20. The predicted octanol–water partition coefficient (Wildman–Crippen LogP) is 4.22. The summed E-state index contributed by atoms with van der Waals surface area (Å²) < 4.78 is 1.80. The number of nitrogens with zero attached hydrogens (tertiary/aromatic N) is 3. The van der Waals surface area contributed by atoms with Crippen LogP contribution in [0.4, 0.5) is 0 Å². The van der Waals surface area contributed by atoms with Crippen LogP contribution >= 0.6 is 22.9 Å². The second-order valence-electron chi connectivity index (χ2n) is 8.67. The first-order chi connectivity index (χ1) is 17.2. The summed E-state index contributed by atoms with van der Waals surface area (Å²) in [5.41, 5.74) is 1.84. The highest BCUT2D eigenvalue weighted by Gasteiger charge is 2.18. The Hall–Kier alpha value is -3.48. The SMILES string of the molecule is CN(Cc1cc2c(=O)c(C(=O)NCc3ccc(Cl)cc3)cn(C)c2s1)C[C@@H](O)c1cccc(C#N)c1. The topological polar surface area (TPSA) is 98.4 Å². The first-order valence-electron chi connectivity index (χ1n) is 11.3. The number of benzene rings is 2. The van der Waals surface area contributed by atoms with Gasteiger partial charge in [-0.25, -0.2) is 0 Å². The third kappa shape index (κ3) is 5.83. The lowest BCUT2D eigenvalue weighted by molar-refractivity contribution is 0.0949. The number of hydrogen-bond donors (Lipinski definition) is 2. The number of thiophene rings is 1. The first-order valence-corrected chi connectivity index (χ1v) is 12.5. The van der Waals surface area contributed by atoms with E-state index in [1.165, 1.54) is 11.3 Å². The zero-order valence-corrected chi connectivity index (χ0v) is 21.4. The van der Waals surface area contributed by atoms with E-state index in [0.29, 0.717) is 34.6 Å².